The van der Waals surface area contributed by atoms with Gasteiger partial charge in [0.2, 0.25) is 5.91 Å². The molecule has 1 aromatic rings. The van der Waals surface area contributed by atoms with E-state index in [1.165, 1.54) is 12.1 Å². The fourth-order valence-corrected chi connectivity index (χ4v) is 2.01. The van der Waals surface area contributed by atoms with E-state index in [1.54, 1.807) is 12.1 Å². The Balaban J connectivity index is 1.85. The molecule has 4 nitrogen and oxygen atoms in total. The number of hydrogen-bond acceptors (Lipinski definition) is 3. The maximum absolute atomic E-state index is 12.7. The average Bonchev–Trinajstić information content (AvgIpc) is 2.38. The van der Waals surface area contributed by atoms with E-state index < -0.39 is 0 Å². The first-order valence-electron chi connectivity index (χ1n) is 6.10. The number of benzene rings is 1. The summed E-state index contributed by atoms with van der Waals surface area (Å²) in [6.45, 7) is 2.89. The normalized spacial score (nSPS) is 20.7. The summed E-state index contributed by atoms with van der Waals surface area (Å²) in [4.78, 5) is 14.0. The molecule has 1 amide bonds. The van der Waals surface area contributed by atoms with Gasteiger partial charge in [-0.05, 0) is 24.7 Å². The van der Waals surface area contributed by atoms with Gasteiger partial charge in [0.15, 0.2) is 0 Å². The van der Waals surface area contributed by atoms with Crippen LogP contribution in [0, 0.1) is 5.82 Å². The highest BCUT2D eigenvalue weighted by atomic mass is 19.1. The number of likely N-dealkylation sites (N-methyl/N-ethyl adjacent to an activating group) is 1. The second kappa shape index (κ2) is 5.93. The molecule has 1 aromatic carbocycles. The van der Waals surface area contributed by atoms with E-state index in [1.807, 2.05) is 11.9 Å². The maximum atomic E-state index is 12.7. The van der Waals surface area contributed by atoms with E-state index in [0.717, 1.165) is 18.7 Å². The molecule has 0 aliphatic carbocycles. The number of halogens is 1. The number of hydrogen-bond donors (Lipinski definition) is 2. The molecule has 1 saturated heterocycles. The first-order chi connectivity index (χ1) is 8.66. The Labute approximate surface area is 106 Å². The highest BCUT2D eigenvalue weighted by Crippen LogP contribution is 2.04. The van der Waals surface area contributed by atoms with Crippen molar-refractivity contribution in [2.45, 2.75) is 12.6 Å². The van der Waals surface area contributed by atoms with Crippen molar-refractivity contribution in [2.75, 3.05) is 26.7 Å². The number of rotatable bonds is 3. The predicted molar refractivity (Wildman–Crippen MR) is 67.5 cm³/mol. The second-order valence-corrected chi connectivity index (χ2v) is 4.54. The molecule has 2 N–H and O–H groups in total. The highest BCUT2D eigenvalue weighted by molar-refractivity contribution is 5.82. The van der Waals surface area contributed by atoms with Crippen LogP contribution in [0.25, 0.3) is 0 Å². The van der Waals surface area contributed by atoms with E-state index in [2.05, 4.69) is 10.6 Å². The van der Waals surface area contributed by atoms with Crippen molar-refractivity contribution in [2.24, 2.45) is 0 Å². The predicted octanol–water partition coefficient (Wildman–Crippen LogP) is 0.345. The molecule has 0 aromatic heterocycles. The van der Waals surface area contributed by atoms with Gasteiger partial charge >= 0.3 is 0 Å². The van der Waals surface area contributed by atoms with Gasteiger partial charge in [-0.2, -0.15) is 0 Å². The molecule has 1 aliphatic rings. The Bertz CT molecular complexity index is 407. The van der Waals surface area contributed by atoms with Crippen LogP contribution in [-0.2, 0) is 11.3 Å². The topological polar surface area (TPSA) is 44.4 Å². The fraction of sp³-hybridized carbons (Fsp3) is 0.462. The molecule has 18 heavy (non-hydrogen) atoms. The second-order valence-electron chi connectivity index (χ2n) is 4.54. The van der Waals surface area contributed by atoms with Crippen LogP contribution in [0.3, 0.4) is 0 Å². The van der Waals surface area contributed by atoms with Crippen molar-refractivity contribution in [3.63, 3.8) is 0 Å². The lowest BCUT2D eigenvalue weighted by Gasteiger charge is -2.31. The summed E-state index contributed by atoms with van der Waals surface area (Å²) in [7, 11) is 1.95. The lowest BCUT2D eigenvalue weighted by Crippen LogP contribution is -2.56. The third-order valence-corrected chi connectivity index (χ3v) is 3.19. The van der Waals surface area contributed by atoms with E-state index >= 15 is 0 Å². The Morgan fingerprint density at radius 1 is 1.50 bits per heavy atom. The molecule has 5 heteroatoms. The third kappa shape index (κ3) is 3.27. The van der Waals surface area contributed by atoms with E-state index in [4.69, 9.17) is 0 Å². The third-order valence-electron chi connectivity index (χ3n) is 3.19. The molecule has 0 saturated carbocycles. The molecule has 1 atom stereocenters. The van der Waals surface area contributed by atoms with Gasteiger partial charge in [0.05, 0.1) is 0 Å². The molecular formula is C13H18FN3O. The minimum Gasteiger partial charge on any atom is -0.351 e. The van der Waals surface area contributed by atoms with Crippen molar-refractivity contribution in [1.29, 1.82) is 0 Å². The summed E-state index contributed by atoms with van der Waals surface area (Å²) in [6, 6.07) is 6.03. The summed E-state index contributed by atoms with van der Waals surface area (Å²) >= 11 is 0. The standard InChI is InChI=1S/C13H18FN3O/c1-17-7-6-15-9-12(17)13(18)16-8-10-2-4-11(14)5-3-10/h2-5,12,15H,6-9H2,1H3,(H,16,18). The lowest BCUT2D eigenvalue weighted by atomic mass is 10.1. The fourth-order valence-electron chi connectivity index (χ4n) is 2.01. The van der Waals surface area contributed by atoms with Crippen LogP contribution in [0.15, 0.2) is 24.3 Å². The first-order valence-corrected chi connectivity index (χ1v) is 6.10. The monoisotopic (exact) mass is 251 g/mol. The maximum Gasteiger partial charge on any atom is 0.238 e. The smallest absolute Gasteiger partial charge is 0.238 e. The number of nitrogens with zero attached hydrogens (tertiary/aromatic N) is 1. The molecule has 2 rings (SSSR count). The van der Waals surface area contributed by atoms with Crippen molar-refractivity contribution < 1.29 is 9.18 Å². The minimum absolute atomic E-state index is 0.00836. The zero-order chi connectivity index (χ0) is 13.0. The molecule has 1 heterocycles. The average molecular weight is 251 g/mol. The Kier molecular flexibility index (Phi) is 4.28. The molecule has 1 unspecified atom stereocenters. The Morgan fingerprint density at radius 3 is 2.89 bits per heavy atom. The van der Waals surface area contributed by atoms with Crippen LogP contribution in [0.5, 0.6) is 0 Å². The minimum atomic E-state index is -0.263. The largest absolute Gasteiger partial charge is 0.351 e. The molecule has 1 aliphatic heterocycles. The van der Waals surface area contributed by atoms with Crippen LogP contribution in [0.2, 0.25) is 0 Å². The van der Waals surface area contributed by atoms with Gasteiger partial charge in [0.1, 0.15) is 11.9 Å². The van der Waals surface area contributed by atoms with Gasteiger partial charge in [-0.1, -0.05) is 12.1 Å². The summed E-state index contributed by atoms with van der Waals surface area (Å²) in [5.74, 6) is -0.254. The SMILES string of the molecule is CN1CCNCC1C(=O)NCc1ccc(F)cc1. The van der Waals surface area contributed by atoms with Gasteiger partial charge < -0.3 is 10.6 Å². The van der Waals surface area contributed by atoms with Crippen molar-refractivity contribution in [1.82, 2.24) is 15.5 Å². The quantitative estimate of drug-likeness (QED) is 0.814. The number of carbonyl (C=O) groups is 1. The summed E-state index contributed by atoms with van der Waals surface area (Å²) in [5, 5.41) is 6.08. The zero-order valence-corrected chi connectivity index (χ0v) is 10.4. The summed E-state index contributed by atoms with van der Waals surface area (Å²) in [6.07, 6.45) is 0. The molecule has 0 spiro atoms. The number of amides is 1. The van der Waals surface area contributed by atoms with Crippen LogP contribution >= 0.6 is 0 Å². The van der Waals surface area contributed by atoms with Gasteiger partial charge in [0, 0.05) is 26.2 Å². The molecule has 1 fully saturated rings. The first kappa shape index (κ1) is 13.0. The van der Waals surface area contributed by atoms with Gasteiger partial charge in [0.25, 0.3) is 0 Å². The lowest BCUT2D eigenvalue weighted by molar-refractivity contribution is -0.126. The van der Waals surface area contributed by atoms with Crippen LogP contribution in [-0.4, -0.2) is 43.5 Å². The number of carbonyl (C=O) groups excluding carboxylic acids is 1. The van der Waals surface area contributed by atoms with Gasteiger partial charge in [-0.25, -0.2) is 4.39 Å². The Morgan fingerprint density at radius 2 is 2.22 bits per heavy atom. The molecular weight excluding hydrogens is 233 g/mol. The number of nitrogens with one attached hydrogen (secondary N) is 2. The molecule has 0 bridgehead atoms. The van der Waals surface area contributed by atoms with Crippen LogP contribution in [0.1, 0.15) is 5.56 Å². The van der Waals surface area contributed by atoms with Crippen molar-refractivity contribution in [3.05, 3.63) is 35.6 Å². The van der Waals surface area contributed by atoms with Crippen molar-refractivity contribution in [3.8, 4) is 0 Å². The van der Waals surface area contributed by atoms with Crippen LogP contribution in [0.4, 0.5) is 4.39 Å². The van der Waals surface area contributed by atoms with Crippen LogP contribution < -0.4 is 10.6 Å². The number of piperazine rings is 1. The van der Waals surface area contributed by atoms with Crippen molar-refractivity contribution >= 4 is 5.91 Å². The summed E-state index contributed by atoms with van der Waals surface area (Å²) < 4.78 is 12.7. The van der Waals surface area contributed by atoms with E-state index in [9.17, 15) is 9.18 Å². The van der Waals surface area contributed by atoms with E-state index in [0.29, 0.717) is 13.1 Å². The highest BCUT2D eigenvalue weighted by Gasteiger charge is 2.25. The van der Waals surface area contributed by atoms with Gasteiger partial charge in [-0.3, -0.25) is 9.69 Å². The molecule has 98 valence electrons. The molecule has 0 radical (unpaired) electrons. The Hall–Kier alpha value is -1.46. The van der Waals surface area contributed by atoms with Gasteiger partial charge in [-0.15, -0.1) is 0 Å². The van der Waals surface area contributed by atoms with E-state index in [-0.39, 0.29) is 17.8 Å². The zero-order valence-electron chi connectivity index (χ0n) is 10.4. The summed E-state index contributed by atoms with van der Waals surface area (Å²) in [5.41, 5.74) is 0.899.